The molecule has 1 amide bonds. The van der Waals surface area contributed by atoms with E-state index in [9.17, 15) is 14.2 Å². The highest BCUT2D eigenvalue weighted by atomic mass is 31.2. The fourth-order valence-electron chi connectivity index (χ4n) is 5.95. The van der Waals surface area contributed by atoms with E-state index < -0.39 is 25.1 Å². The Kier molecular flexibility index (Phi) is 11.1. The summed E-state index contributed by atoms with van der Waals surface area (Å²) in [5.41, 5.74) is 3.28. The Hall–Kier alpha value is -3.11. The second kappa shape index (κ2) is 14.3. The van der Waals surface area contributed by atoms with Gasteiger partial charge >= 0.3 is 7.82 Å². The third-order valence-electron chi connectivity index (χ3n) is 7.92. The number of hydrogen-bond donors (Lipinski definition) is 1. The summed E-state index contributed by atoms with van der Waals surface area (Å²) in [4.78, 5) is 26.7. The monoisotopic (exact) mass is 655 g/mol. The molecule has 0 saturated heterocycles. The maximum atomic E-state index is 13.7. The van der Waals surface area contributed by atoms with Gasteiger partial charge in [-0.3, -0.25) is 27.8 Å². The van der Waals surface area contributed by atoms with E-state index in [1.165, 1.54) is 4.68 Å². The number of aryl methyl sites for hydroxylation is 2. The third kappa shape index (κ3) is 9.47. The molecule has 0 unspecified atom stereocenters. The van der Waals surface area contributed by atoms with Gasteiger partial charge in [0.1, 0.15) is 5.69 Å². The zero-order chi connectivity index (χ0) is 33.9. The second-order valence-electron chi connectivity index (χ2n) is 14.2. The first-order valence-corrected chi connectivity index (χ1v) is 17.5. The van der Waals surface area contributed by atoms with Crippen molar-refractivity contribution in [2.75, 3.05) is 0 Å². The lowest BCUT2D eigenvalue weighted by molar-refractivity contribution is -0.121. The lowest BCUT2D eigenvalue weighted by Crippen LogP contribution is -2.47. The van der Waals surface area contributed by atoms with Gasteiger partial charge in [0.05, 0.1) is 22.9 Å². The lowest BCUT2D eigenvalue weighted by Gasteiger charge is -2.30. The quantitative estimate of drug-likeness (QED) is 0.205. The van der Waals surface area contributed by atoms with E-state index in [0.717, 1.165) is 60.2 Å². The van der Waals surface area contributed by atoms with Crippen molar-refractivity contribution in [3.05, 3.63) is 59.2 Å². The van der Waals surface area contributed by atoms with Crippen LogP contribution < -0.4 is 5.32 Å². The molecule has 2 aromatic heterocycles. The van der Waals surface area contributed by atoms with Crippen molar-refractivity contribution >= 4 is 19.5 Å². The molecule has 46 heavy (non-hydrogen) atoms. The molecule has 0 bridgehead atoms. The Morgan fingerprint density at radius 1 is 0.978 bits per heavy atom. The van der Waals surface area contributed by atoms with Crippen molar-refractivity contribution in [3.8, 4) is 11.1 Å². The molecule has 3 aromatic rings. The minimum Gasteiger partial charge on any atom is -0.341 e. The van der Waals surface area contributed by atoms with E-state index in [2.05, 4.69) is 15.5 Å². The average Bonchev–Trinajstić information content (AvgIpc) is 3.51. The standard InChI is InChI=1S/C34H50N5O6P/c1-23-30(24(2)39(37-23)22-43-46(42,44-33(3,4)5)45-34(6,7)8)26-17-15-25(16-18-26)21-29(40)31(27-13-11-10-12-14-27)36-32(41)28-19-20-35-38(28)9/h15-20,27,31H,10-14,21-22H2,1-9H3,(H,36,41)/t31-/m0/s1. The van der Waals surface area contributed by atoms with Gasteiger partial charge in [-0.15, -0.1) is 0 Å². The summed E-state index contributed by atoms with van der Waals surface area (Å²) in [5.74, 6) is -0.154. The van der Waals surface area contributed by atoms with Crippen LogP contribution in [0, 0.1) is 19.8 Å². The van der Waals surface area contributed by atoms with Crippen LogP contribution in [0.2, 0.25) is 0 Å². The molecule has 1 N–H and O–H groups in total. The molecule has 12 heteroatoms. The van der Waals surface area contributed by atoms with Gasteiger partial charge < -0.3 is 5.32 Å². The van der Waals surface area contributed by atoms with E-state index in [-0.39, 0.29) is 30.8 Å². The molecule has 1 atom stereocenters. The normalized spacial score (nSPS) is 15.6. The van der Waals surface area contributed by atoms with Crippen LogP contribution in [0.3, 0.4) is 0 Å². The summed E-state index contributed by atoms with van der Waals surface area (Å²) in [7, 11) is -2.20. The van der Waals surface area contributed by atoms with Crippen LogP contribution in [0.25, 0.3) is 11.1 Å². The van der Waals surface area contributed by atoms with Crippen molar-refractivity contribution in [1.82, 2.24) is 24.9 Å². The molecule has 4 rings (SSSR count). The molecule has 0 spiro atoms. The number of Topliss-reactive ketones (excluding diaryl/α,β-unsaturated/α-hetero) is 1. The van der Waals surface area contributed by atoms with Gasteiger partial charge in [-0.1, -0.05) is 43.5 Å². The van der Waals surface area contributed by atoms with Crippen LogP contribution in [0.15, 0.2) is 36.5 Å². The molecular formula is C34H50N5O6P. The van der Waals surface area contributed by atoms with Gasteiger partial charge in [0.25, 0.3) is 5.91 Å². The number of ketones is 1. The predicted octanol–water partition coefficient (Wildman–Crippen LogP) is 7.10. The van der Waals surface area contributed by atoms with Gasteiger partial charge in [-0.25, -0.2) is 9.25 Å². The molecule has 11 nitrogen and oxygen atoms in total. The zero-order valence-electron chi connectivity index (χ0n) is 28.8. The van der Waals surface area contributed by atoms with Gasteiger partial charge in [-0.05, 0) is 91.3 Å². The van der Waals surface area contributed by atoms with Crippen molar-refractivity contribution in [1.29, 1.82) is 0 Å². The summed E-state index contributed by atoms with van der Waals surface area (Å²) in [6, 6.07) is 8.96. The van der Waals surface area contributed by atoms with Gasteiger partial charge in [-0.2, -0.15) is 10.2 Å². The number of hydrogen-bond acceptors (Lipinski definition) is 8. The van der Waals surface area contributed by atoms with E-state index in [1.54, 1.807) is 65.5 Å². The summed E-state index contributed by atoms with van der Waals surface area (Å²) >= 11 is 0. The Labute approximate surface area is 273 Å². The number of rotatable bonds is 12. The number of aromatic nitrogens is 4. The van der Waals surface area contributed by atoms with Gasteiger partial charge in [0.15, 0.2) is 12.5 Å². The maximum Gasteiger partial charge on any atom is 0.477 e. The van der Waals surface area contributed by atoms with Crippen LogP contribution in [0.5, 0.6) is 0 Å². The van der Waals surface area contributed by atoms with Crippen molar-refractivity contribution < 1.29 is 27.7 Å². The zero-order valence-corrected chi connectivity index (χ0v) is 29.6. The molecule has 1 aliphatic carbocycles. The number of carbonyl (C=O) groups excluding carboxylic acids is 2. The Balaban J connectivity index is 1.48. The summed E-state index contributed by atoms with van der Waals surface area (Å²) in [6.45, 7) is 14.5. The van der Waals surface area contributed by atoms with Crippen molar-refractivity contribution in [2.24, 2.45) is 13.0 Å². The molecular weight excluding hydrogens is 605 g/mol. The molecule has 1 aromatic carbocycles. The summed E-state index contributed by atoms with van der Waals surface area (Å²) < 4.78 is 34.0. The highest BCUT2D eigenvalue weighted by molar-refractivity contribution is 7.48. The van der Waals surface area contributed by atoms with Crippen LogP contribution in [0.1, 0.15) is 101 Å². The van der Waals surface area contributed by atoms with Crippen LogP contribution in [-0.4, -0.2) is 48.5 Å². The van der Waals surface area contributed by atoms with Gasteiger partial charge in [0, 0.05) is 30.9 Å². The lowest BCUT2D eigenvalue weighted by atomic mass is 9.81. The number of phosphoric acid groups is 1. The number of phosphoric ester groups is 1. The van der Waals surface area contributed by atoms with Crippen LogP contribution >= 0.6 is 7.82 Å². The smallest absolute Gasteiger partial charge is 0.341 e. The minimum absolute atomic E-state index is 0.00637. The molecule has 1 aliphatic rings. The van der Waals surface area contributed by atoms with E-state index in [4.69, 9.17) is 13.6 Å². The summed E-state index contributed by atoms with van der Waals surface area (Å²) in [6.07, 6.45) is 6.93. The molecule has 1 fully saturated rings. The number of amides is 1. The maximum absolute atomic E-state index is 13.7. The van der Waals surface area contributed by atoms with Crippen LogP contribution in [0.4, 0.5) is 0 Å². The molecule has 0 aliphatic heterocycles. The fraction of sp³-hybridized carbons (Fsp3) is 0.588. The largest absolute Gasteiger partial charge is 0.477 e. The Morgan fingerprint density at radius 2 is 1.59 bits per heavy atom. The molecule has 2 heterocycles. The average molecular weight is 656 g/mol. The first kappa shape index (κ1) is 35.7. The van der Waals surface area contributed by atoms with E-state index in [0.29, 0.717) is 5.69 Å². The first-order chi connectivity index (χ1) is 21.4. The molecule has 252 valence electrons. The summed E-state index contributed by atoms with van der Waals surface area (Å²) in [5, 5.41) is 11.8. The number of carbonyl (C=O) groups is 2. The van der Waals surface area contributed by atoms with Gasteiger partial charge in [0.2, 0.25) is 0 Å². The number of benzene rings is 1. The fourth-order valence-corrected chi connectivity index (χ4v) is 7.68. The third-order valence-corrected chi connectivity index (χ3v) is 9.89. The van der Waals surface area contributed by atoms with E-state index in [1.807, 2.05) is 38.1 Å². The number of nitrogens with zero attached hydrogens (tertiary/aromatic N) is 4. The highest BCUT2D eigenvalue weighted by Crippen LogP contribution is 2.55. The highest BCUT2D eigenvalue weighted by Gasteiger charge is 2.38. The number of nitrogens with one attached hydrogen (secondary N) is 1. The first-order valence-electron chi connectivity index (χ1n) is 16.1. The van der Waals surface area contributed by atoms with E-state index >= 15 is 0 Å². The topological polar surface area (TPSA) is 127 Å². The molecule has 0 radical (unpaired) electrons. The van der Waals surface area contributed by atoms with Crippen molar-refractivity contribution in [3.63, 3.8) is 0 Å². The Bertz CT molecular complexity index is 1540. The van der Waals surface area contributed by atoms with Crippen LogP contribution in [-0.2, 0) is 43.1 Å². The second-order valence-corrected chi connectivity index (χ2v) is 15.7. The van der Waals surface area contributed by atoms with Crippen molar-refractivity contribution in [2.45, 2.75) is 118 Å². The Morgan fingerprint density at radius 3 is 2.13 bits per heavy atom. The molecule has 1 saturated carbocycles. The SMILES string of the molecule is Cc1nn(COP(=O)(OC(C)(C)C)OC(C)(C)C)c(C)c1-c1ccc(CC(=O)[C@@H](NC(=O)c2ccnn2C)C2CCCCC2)cc1. The predicted molar refractivity (Wildman–Crippen MR) is 177 cm³/mol. The minimum atomic E-state index is -3.91.